The van der Waals surface area contributed by atoms with Crippen LogP contribution in [0.2, 0.25) is 0 Å². The van der Waals surface area contributed by atoms with Crippen molar-refractivity contribution in [3.8, 4) is 0 Å². The van der Waals surface area contributed by atoms with Gasteiger partial charge in [-0.05, 0) is 25.4 Å². The zero-order valence-electron chi connectivity index (χ0n) is 12.1. The van der Waals surface area contributed by atoms with E-state index in [2.05, 4.69) is 10.3 Å². The maximum absolute atomic E-state index is 11.8. The average Bonchev–Trinajstić information content (AvgIpc) is 2.41. The monoisotopic (exact) mass is 302 g/mol. The Hall–Kier alpha value is -1.41. The minimum atomic E-state index is -0.521. The van der Waals surface area contributed by atoms with Crippen LogP contribution in [0, 0.1) is 0 Å². The molecule has 1 atom stereocenters. The van der Waals surface area contributed by atoms with Crippen molar-refractivity contribution in [1.82, 2.24) is 9.55 Å². The van der Waals surface area contributed by atoms with Gasteiger partial charge in [0.25, 0.3) is 5.56 Å². The molecule has 0 aliphatic rings. The summed E-state index contributed by atoms with van der Waals surface area (Å²) in [7, 11) is 1.54. The van der Waals surface area contributed by atoms with E-state index < -0.39 is 11.2 Å². The number of hydrogen-bond acceptors (Lipinski definition) is 6. The molecule has 0 aliphatic heterocycles. The second kappa shape index (κ2) is 8.01. The summed E-state index contributed by atoms with van der Waals surface area (Å²) in [5.41, 5.74) is 5.16. The normalized spacial score (nSPS) is 12.3. The van der Waals surface area contributed by atoms with Gasteiger partial charge in [0.05, 0.1) is 13.2 Å². The fourth-order valence-electron chi connectivity index (χ4n) is 1.75. The molecule has 0 saturated heterocycles. The van der Waals surface area contributed by atoms with Crippen molar-refractivity contribution >= 4 is 23.3 Å². The molecule has 0 amide bonds. The van der Waals surface area contributed by atoms with Gasteiger partial charge in [-0.3, -0.25) is 14.3 Å². The molecule has 20 heavy (non-hydrogen) atoms. The average molecular weight is 302 g/mol. The maximum Gasteiger partial charge on any atom is 0.330 e. The lowest BCUT2D eigenvalue weighted by Crippen LogP contribution is -2.36. The Balaban J connectivity index is 3.01. The quantitative estimate of drug-likeness (QED) is 0.639. The number of anilines is 2. The van der Waals surface area contributed by atoms with Crippen molar-refractivity contribution in [3.05, 3.63) is 20.8 Å². The number of aromatic amines is 1. The Labute approximate surface area is 121 Å². The third-order valence-corrected chi connectivity index (χ3v) is 3.55. The molecule has 0 aliphatic carbocycles. The van der Waals surface area contributed by atoms with E-state index in [1.807, 2.05) is 13.2 Å². The Bertz CT molecular complexity index is 540. The summed E-state index contributed by atoms with van der Waals surface area (Å²) in [5.74, 6) is 1.13. The molecule has 8 heteroatoms. The number of nitrogens with two attached hydrogens (primary N) is 1. The third kappa shape index (κ3) is 4.31. The van der Waals surface area contributed by atoms with Crippen LogP contribution in [-0.4, -0.2) is 41.3 Å². The summed E-state index contributed by atoms with van der Waals surface area (Å²) in [6.07, 6.45) is 2.93. The molecule has 0 aromatic carbocycles. The van der Waals surface area contributed by atoms with Gasteiger partial charge in [-0.15, -0.1) is 0 Å². The number of methoxy groups -OCH3 is 1. The minimum Gasteiger partial charge on any atom is -0.383 e. The highest BCUT2D eigenvalue weighted by Crippen LogP contribution is 2.13. The Morgan fingerprint density at radius 1 is 1.50 bits per heavy atom. The molecule has 0 fully saturated rings. The number of aromatic nitrogens is 2. The molecule has 1 heterocycles. The molecule has 0 saturated carbocycles. The van der Waals surface area contributed by atoms with Gasteiger partial charge >= 0.3 is 5.69 Å². The molecule has 114 valence electrons. The van der Waals surface area contributed by atoms with Crippen LogP contribution < -0.4 is 22.3 Å². The second-order valence-electron chi connectivity index (χ2n) is 4.49. The third-order valence-electron chi connectivity index (χ3n) is 2.90. The highest BCUT2D eigenvalue weighted by atomic mass is 32.2. The molecular formula is C12H22N4O3S. The molecule has 1 unspecified atom stereocenters. The SMILES string of the molecule is COCCn1c(N)c(NC(C)CCSC)c(=O)[nH]c1=O. The number of nitrogen functional groups attached to an aromatic ring is 1. The molecule has 1 aromatic rings. The van der Waals surface area contributed by atoms with E-state index in [0.717, 1.165) is 12.2 Å². The Morgan fingerprint density at radius 2 is 2.20 bits per heavy atom. The van der Waals surface area contributed by atoms with Crippen molar-refractivity contribution in [1.29, 1.82) is 0 Å². The zero-order valence-corrected chi connectivity index (χ0v) is 12.9. The van der Waals surface area contributed by atoms with E-state index in [9.17, 15) is 9.59 Å². The summed E-state index contributed by atoms with van der Waals surface area (Å²) in [5, 5.41) is 3.07. The lowest BCUT2D eigenvalue weighted by atomic mass is 10.2. The lowest BCUT2D eigenvalue weighted by Gasteiger charge is -2.17. The minimum absolute atomic E-state index is 0.0965. The van der Waals surface area contributed by atoms with E-state index in [-0.39, 0.29) is 17.5 Å². The van der Waals surface area contributed by atoms with Gasteiger partial charge in [0.15, 0.2) is 0 Å². The van der Waals surface area contributed by atoms with E-state index in [1.165, 1.54) is 11.7 Å². The predicted octanol–water partition coefficient (Wildman–Crippen LogP) is 0.319. The molecule has 0 bridgehead atoms. The van der Waals surface area contributed by atoms with Crippen LogP contribution in [0.15, 0.2) is 9.59 Å². The smallest absolute Gasteiger partial charge is 0.330 e. The fraction of sp³-hybridized carbons (Fsp3) is 0.667. The molecule has 4 N–H and O–H groups in total. The first-order valence-corrected chi connectivity index (χ1v) is 7.77. The van der Waals surface area contributed by atoms with Crippen molar-refractivity contribution in [2.75, 3.05) is 36.8 Å². The van der Waals surface area contributed by atoms with Crippen LogP contribution in [0.25, 0.3) is 0 Å². The summed E-state index contributed by atoms with van der Waals surface area (Å²) >= 11 is 1.74. The second-order valence-corrected chi connectivity index (χ2v) is 5.48. The van der Waals surface area contributed by atoms with Crippen LogP contribution in [0.5, 0.6) is 0 Å². The first-order valence-electron chi connectivity index (χ1n) is 6.38. The number of nitrogens with one attached hydrogen (secondary N) is 2. The van der Waals surface area contributed by atoms with Crippen LogP contribution in [0.1, 0.15) is 13.3 Å². The summed E-state index contributed by atoms with van der Waals surface area (Å²) in [6, 6.07) is 0.0965. The predicted molar refractivity (Wildman–Crippen MR) is 83.7 cm³/mol. The van der Waals surface area contributed by atoms with Gasteiger partial charge in [-0.25, -0.2) is 4.79 Å². The number of nitrogens with zero attached hydrogens (tertiary/aromatic N) is 1. The van der Waals surface area contributed by atoms with Gasteiger partial charge in [0, 0.05) is 13.2 Å². The molecule has 7 nitrogen and oxygen atoms in total. The van der Waals surface area contributed by atoms with Gasteiger partial charge < -0.3 is 15.8 Å². The molecule has 0 radical (unpaired) electrons. The largest absolute Gasteiger partial charge is 0.383 e. The van der Waals surface area contributed by atoms with Crippen molar-refractivity contribution in [2.24, 2.45) is 0 Å². The van der Waals surface area contributed by atoms with Crippen LogP contribution in [0.4, 0.5) is 11.5 Å². The van der Waals surface area contributed by atoms with E-state index in [1.54, 1.807) is 11.8 Å². The van der Waals surface area contributed by atoms with Crippen LogP contribution in [-0.2, 0) is 11.3 Å². The first kappa shape index (κ1) is 16.6. The summed E-state index contributed by atoms with van der Waals surface area (Å²) in [6.45, 7) is 2.61. The van der Waals surface area contributed by atoms with Crippen LogP contribution >= 0.6 is 11.8 Å². The number of rotatable bonds is 8. The fourth-order valence-corrected chi connectivity index (χ4v) is 2.33. The maximum atomic E-state index is 11.8. The van der Waals surface area contributed by atoms with Crippen LogP contribution in [0.3, 0.4) is 0 Å². The summed E-state index contributed by atoms with van der Waals surface area (Å²) < 4.78 is 6.23. The van der Waals surface area contributed by atoms with Gasteiger partial charge in [-0.2, -0.15) is 11.8 Å². The van der Waals surface area contributed by atoms with Gasteiger partial charge in [-0.1, -0.05) is 0 Å². The standard InChI is InChI=1S/C12H22N4O3S/c1-8(4-7-20-3)14-9-10(13)16(5-6-19-2)12(18)15-11(9)17/h8,14H,4-7,13H2,1-3H3,(H,15,17,18). The van der Waals surface area contributed by atoms with E-state index >= 15 is 0 Å². The molecule has 0 spiro atoms. The van der Waals surface area contributed by atoms with Crippen molar-refractivity contribution < 1.29 is 4.74 Å². The highest BCUT2D eigenvalue weighted by molar-refractivity contribution is 7.98. The van der Waals surface area contributed by atoms with E-state index in [0.29, 0.717) is 13.2 Å². The van der Waals surface area contributed by atoms with Crippen molar-refractivity contribution in [2.45, 2.75) is 25.9 Å². The number of ether oxygens (including phenoxy) is 1. The molecular weight excluding hydrogens is 280 g/mol. The Kier molecular flexibility index (Phi) is 6.66. The first-order chi connectivity index (χ1) is 9.51. The summed E-state index contributed by atoms with van der Waals surface area (Å²) in [4.78, 5) is 25.8. The number of hydrogen-bond donors (Lipinski definition) is 3. The van der Waals surface area contributed by atoms with Gasteiger partial charge in [0.2, 0.25) is 0 Å². The van der Waals surface area contributed by atoms with Crippen molar-refractivity contribution in [3.63, 3.8) is 0 Å². The highest BCUT2D eigenvalue weighted by Gasteiger charge is 2.14. The van der Waals surface area contributed by atoms with Gasteiger partial charge in [0.1, 0.15) is 11.5 Å². The zero-order chi connectivity index (χ0) is 15.1. The molecule has 1 rings (SSSR count). The Morgan fingerprint density at radius 3 is 2.80 bits per heavy atom. The lowest BCUT2D eigenvalue weighted by molar-refractivity contribution is 0.186. The number of H-pyrrole nitrogens is 1. The number of thioether (sulfide) groups is 1. The molecule has 1 aromatic heterocycles. The topological polar surface area (TPSA) is 102 Å². The van der Waals surface area contributed by atoms with E-state index in [4.69, 9.17) is 10.5 Å².